The van der Waals surface area contributed by atoms with Gasteiger partial charge in [0.05, 0.1) is 0 Å². The molecule has 0 N–H and O–H groups in total. The van der Waals surface area contributed by atoms with Gasteiger partial charge in [0.15, 0.2) is 0 Å². The predicted molar refractivity (Wildman–Crippen MR) is 89.6 cm³/mol. The van der Waals surface area contributed by atoms with Gasteiger partial charge in [0.1, 0.15) is 0 Å². The molecule has 0 aliphatic rings. The minimum Gasteiger partial charge on any atom is -0.299 e. The van der Waals surface area contributed by atoms with Crippen LogP contribution < -0.4 is 0 Å². The van der Waals surface area contributed by atoms with Gasteiger partial charge in [-0.1, -0.05) is 53.4 Å². The minimum atomic E-state index is -0.883. The normalized spacial score (nSPS) is 11.6. The highest BCUT2D eigenvalue weighted by Crippen LogP contribution is 2.10. The van der Waals surface area contributed by atoms with E-state index in [1.807, 2.05) is 0 Å². The molecule has 0 heterocycles. The Morgan fingerprint density at radius 3 is 1.05 bits per heavy atom. The van der Waals surface area contributed by atoms with Crippen LogP contribution in [0.25, 0.3) is 0 Å². The third kappa shape index (κ3) is 8.96. The lowest BCUT2D eigenvalue weighted by molar-refractivity contribution is 0.291. The molecule has 0 unspecified atom stereocenters. The summed E-state index contributed by atoms with van der Waals surface area (Å²) in [7, 11) is -0.883. The average molecular weight is 286 g/mol. The molecule has 120 valence electrons. The summed E-state index contributed by atoms with van der Waals surface area (Å²) < 4.78 is 14.9. The maximum atomic E-state index is 14.9. The fourth-order valence-electron chi connectivity index (χ4n) is 2.33. The van der Waals surface area contributed by atoms with Gasteiger partial charge in [0.2, 0.25) is 0 Å². The van der Waals surface area contributed by atoms with Gasteiger partial charge in [0, 0.05) is 0 Å². The Bertz CT molecular complexity index is 169. The Labute approximate surface area is 127 Å². The van der Waals surface area contributed by atoms with Gasteiger partial charge in [-0.25, -0.2) is 0 Å². The lowest BCUT2D eigenvalue weighted by Crippen LogP contribution is -2.51. The highest BCUT2D eigenvalue weighted by atomic mass is 19.1. The highest BCUT2D eigenvalue weighted by Gasteiger charge is 2.30. The van der Waals surface area contributed by atoms with Gasteiger partial charge in [-0.2, -0.15) is 0 Å². The first-order valence-electron chi connectivity index (χ1n) is 8.83. The molecule has 0 radical (unpaired) electrons. The fraction of sp³-hybridized carbons (Fsp3) is 1.00. The van der Waals surface area contributed by atoms with Crippen molar-refractivity contribution in [3.8, 4) is 0 Å². The summed E-state index contributed by atoms with van der Waals surface area (Å²) in [5, 5.41) is 0. The second kappa shape index (κ2) is 13.9. The third-order valence-electron chi connectivity index (χ3n) is 3.80. The molecule has 0 aliphatic carbocycles. The van der Waals surface area contributed by atoms with Gasteiger partial charge < -0.3 is 0 Å². The molecule has 0 bridgehead atoms. The van der Waals surface area contributed by atoms with Crippen molar-refractivity contribution in [3.05, 3.63) is 0 Å². The van der Waals surface area contributed by atoms with Crippen LogP contribution in [0.5, 0.6) is 0 Å². The topological polar surface area (TPSA) is 6.48 Å². The number of hydrogen-bond donors (Lipinski definition) is 0. The SMILES string of the molecule is CCCCN(CCCC)B(F)N(CCCC)CCCC. The molecule has 0 spiro atoms. The van der Waals surface area contributed by atoms with Gasteiger partial charge in [-0.05, 0) is 51.9 Å². The average Bonchev–Trinajstić information content (AvgIpc) is 2.47. The number of halogens is 1. The first kappa shape index (κ1) is 19.9. The molecular weight excluding hydrogens is 250 g/mol. The summed E-state index contributed by atoms with van der Waals surface area (Å²) in [4.78, 5) is 4.11. The molecule has 0 atom stereocenters. The van der Waals surface area contributed by atoms with E-state index in [4.69, 9.17) is 0 Å². The summed E-state index contributed by atoms with van der Waals surface area (Å²) in [6, 6.07) is 0. The van der Waals surface area contributed by atoms with Crippen molar-refractivity contribution in [2.75, 3.05) is 26.2 Å². The van der Waals surface area contributed by atoms with E-state index >= 15 is 0 Å². The van der Waals surface area contributed by atoms with Gasteiger partial charge in [-0.15, -0.1) is 0 Å². The molecule has 0 aromatic rings. The molecule has 0 aromatic heterocycles. The van der Waals surface area contributed by atoms with E-state index in [0.29, 0.717) is 0 Å². The third-order valence-corrected chi connectivity index (χ3v) is 3.80. The van der Waals surface area contributed by atoms with Crippen LogP contribution >= 0.6 is 0 Å². The van der Waals surface area contributed by atoms with E-state index in [9.17, 15) is 4.32 Å². The minimum absolute atomic E-state index is 0.883. The molecule has 0 fully saturated rings. The smallest absolute Gasteiger partial charge is 0.299 e. The monoisotopic (exact) mass is 286 g/mol. The fourth-order valence-corrected chi connectivity index (χ4v) is 2.33. The van der Waals surface area contributed by atoms with E-state index in [0.717, 1.165) is 77.5 Å². The second-order valence-corrected chi connectivity index (χ2v) is 5.80. The Balaban J connectivity index is 4.49. The zero-order chi connectivity index (χ0) is 15.2. The number of unbranched alkanes of at least 4 members (excludes halogenated alkanes) is 4. The first-order valence-corrected chi connectivity index (χ1v) is 8.83. The Morgan fingerprint density at radius 2 is 0.850 bits per heavy atom. The van der Waals surface area contributed by atoms with Crippen molar-refractivity contribution in [1.82, 2.24) is 9.62 Å². The predicted octanol–water partition coefficient (Wildman–Crippen LogP) is 4.75. The highest BCUT2D eigenvalue weighted by molar-refractivity contribution is 6.44. The molecule has 20 heavy (non-hydrogen) atoms. The van der Waals surface area contributed by atoms with Crippen LogP contribution in [0.3, 0.4) is 0 Å². The van der Waals surface area contributed by atoms with Crippen molar-refractivity contribution < 1.29 is 4.32 Å². The molecule has 0 aliphatic heterocycles. The molecule has 4 heteroatoms. The van der Waals surface area contributed by atoms with Gasteiger partial charge in [0.25, 0.3) is 0 Å². The molecular formula is C16H36BFN2. The van der Waals surface area contributed by atoms with E-state index in [2.05, 4.69) is 37.3 Å². The lowest BCUT2D eigenvalue weighted by atomic mass is 9.94. The zero-order valence-electron chi connectivity index (χ0n) is 14.3. The van der Waals surface area contributed by atoms with E-state index < -0.39 is 7.26 Å². The van der Waals surface area contributed by atoms with E-state index in [-0.39, 0.29) is 0 Å². The molecule has 0 rings (SSSR count). The summed E-state index contributed by atoms with van der Waals surface area (Å²) in [5.74, 6) is 0. The van der Waals surface area contributed by atoms with Crippen LogP contribution in [0.1, 0.15) is 79.1 Å². The van der Waals surface area contributed by atoms with Crippen LogP contribution in [-0.4, -0.2) is 43.1 Å². The van der Waals surface area contributed by atoms with E-state index in [1.54, 1.807) is 0 Å². The number of nitrogens with zero attached hydrogens (tertiary/aromatic N) is 2. The van der Waals surface area contributed by atoms with Gasteiger partial charge >= 0.3 is 7.26 Å². The molecule has 0 saturated carbocycles. The largest absolute Gasteiger partial charge is 0.520 e. The Kier molecular flexibility index (Phi) is 13.8. The van der Waals surface area contributed by atoms with Crippen LogP contribution in [0.4, 0.5) is 4.32 Å². The molecule has 0 saturated heterocycles. The Hall–Kier alpha value is -0.0851. The van der Waals surface area contributed by atoms with E-state index in [1.165, 1.54) is 0 Å². The summed E-state index contributed by atoms with van der Waals surface area (Å²) >= 11 is 0. The molecule has 2 nitrogen and oxygen atoms in total. The van der Waals surface area contributed by atoms with Crippen molar-refractivity contribution in [1.29, 1.82) is 0 Å². The zero-order valence-corrected chi connectivity index (χ0v) is 14.3. The molecule has 0 aromatic carbocycles. The molecule has 0 amide bonds. The van der Waals surface area contributed by atoms with Crippen LogP contribution in [0.15, 0.2) is 0 Å². The van der Waals surface area contributed by atoms with Gasteiger partial charge in [-0.3, -0.25) is 13.9 Å². The Morgan fingerprint density at radius 1 is 0.600 bits per heavy atom. The van der Waals surface area contributed by atoms with Crippen LogP contribution in [0, 0.1) is 0 Å². The van der Waals surface area contributed by atoms with Crippen LogP contribution in [-0.2, 0) is 0 Å². The summed E-state index contributed by atoms with van der Waals surface area (Å²) in [6.45, 7) is 12.3. The van der Waals surface area contributed by atoms with Crippen molar-refractivity contribution in [2.45, 2.75) is 79.1 Å². The standard InChI is InChI=1S/C16H36BFN2/c1-5-9-13-19(14-10-6-2)17(18)20(15-11-7-3)16-12-8-4/h5-16H2,1-4H3. The quantitative estimate of drug-likeness (QED) is 0.425. The number of hydrogen-bond acceptors (Lipinski definition) is 2. The maximum Gasteiger partial charge on any atom is 0.520 e. The van der Waals surface area contributed by atoms with Crippen molar-refractivity contribution in [3.63, 3.8) is 0 Å². The maximum absolute atomic E-state index is 14.9. The second-order valence-electron chi connectivity index (χ2n) is 5.80. The lowest BCUT2D eigenvalue weighted by Gasteiger charge is -2.31. The summed E-state index contributed by atoms with van der Waals surface area (Å²) in [5.41, 5.74) is 0. The number of rotatable bonds is 14. The van der Waals surface area contributed by atoms with Crippen LogP contribution in [0.2, 0.25) is 0 Å². The van der Waals surface area contributed by atoms with Crippen molar-refractivity contribution >= 4 is 7.26 Å². The first-order chi connectivity index (χ1) is 9.71. The van der Waals surface area contributed by atoms with Crippen molar-refractivity contribution in [2.24, 2.45) is 0 Å². The summed E-state index contributed by atoms with van der Waals surface area (Å²) in [6.07, 6.45) is 8.94.